The second-order valence-corrected chi connectivity index (χ2v) is 5.95. The van der Waals surface area contributed by atoms with E-state index in [1.54, 1.807) is 6.08 Å². The highest BCUT2D eigenvalue weighted by molar-refractivity contribution is 6.55. The van der Waals surface area contributed by atoms with Crippen LogP contribution in [0.25, 0.3) is 6.08 Å². The van der Waals surface area contributed by atoms with E-state index in [2.05, 4.69) is 0 Å². The summed E-state index contributed by atoms with van der Waals surface area (Å²) in [4.78, 5) is 11.9. The lowest BCUT2D eigenvalue weighted by Gasteiger charge is -2.11. The minimum absolute atomic E-state index is 0.00189. The Balaban J connectivity index is 2.24. The number of esters is 1. The molecule has 7 heteroatoms. The molecule has 0 aliphatic rings. The summed E-state index contributed by atoms with van der Waals surface area (Å²) in [6.07, 6.45) is 2.82. The highest BCUT2D eigenvalue weighted by atomic mass is 35.5. The largest absolute Gasteiger partial charge is 0.420 e. The van der Waals surface area contributed by atoms with Gasteiger partial charge in [-0.2, -0.15) is 0 Å². The Morgan fingerprint density at radius 1 is 0.818 bits per heavy atom. The molecule has 114 valence electrons. The highest BCUT2D eigenvalue weighted by Gasteiger charge is 2.21. The molecule has 2 aromatic rings. The number of benzene rings is 2. The van der Waals surface area contributed by atoms with Gasteiger partial charge in [0.25, 0.3) is 0 Å². The molecule has 2 rings (SSSR count). The van der Waals surface area contributed by atoms with Crippen LogP contribution in [0.1, 0.15) is 5.56 Å². The predicted molar refractivity (Wildman–Crippen MR) is 92.6 cm³/mol. The van der Waals surface area contributed by atoms with Crippen molar-refractivity contribution >= 4 is 70.1 Å². The lowest BCUT2D eigenvalue weighted by molar-refractivity contribution is -0.128. The van der Waals surface area contributed by atoms with Crippen molar-refractivity contribution < 1.29 is 9.53 Å². The number of ether oxygens (including phenoxy) is 1. The summed E-state index contributed by atoms with van der Waals surface area (Å²) in [5.74, 6) is -0.812. The van der Waals surface area contributed by atoms with E-state index in [9.17, 15) is 4.79 Å². The van der Waals surface area contributed by atoms with Gasteiger partial charge in [0.05, 0.1) is 15.1 Å². The number of hydrogen-bond donors (Lipinski definition) is 0. The third-order valence-corrected chi connectivity index (χ3v) is 4.83. The summed E-state index contributed by atoms with van der Waals surface area (Å²) in [5.41, 5.74) is 0.837. The first-order valence-corrected chi connectivity index (χ1v) is 7.77. The normalized spacial score (nSPS) is 11.0. The second kappa shape index (κ2) is 7.58. The first-order valence-electron chi connectivity index (χ1n) is 5.88. The molecule has 0 spiro atoms. The Hall–Kier alpha value is -0.900. The molecule has 0 fully saturated rings. The average Bonchev–Trinajstić information content (AvgIpc) is 2.54. The van der Waals surface area contributed by atoms with E-state index >= 15 is 0 Å². The van der Waals surface area contributed by atoms with Crippen LogP contribution in [0.3, 0.4) is 0 Å². The molecule has 0 saturated heterocycles. The fraction of sp³-hybridized carbons (Fsp3) is 0. The SMILES string of the molecule is O=C(C=Cc1ccccc1)Oc1c(Cl)c(Cl)c(Cl)c(Cl)c1Cl. The molecule has 0 unspecified atom stereocenters. The number of hydrogen-bond acceptors (Lipinski definition) is 2. The predicted octanol–water partition coefficient (Wildman–Crippen LogP) is 6.57. The number of carbonyl (C=O) groups is 1. The summed E-state index contributed by atoms with van der Waals surface area (Å²) < 4.78 is 5.10. The lowest BCUT2D eigenvalue weighted by atomic mass is 10.2. The van der Waals surface area contributed by atoms with E-state index in [-0.39, 0.29) is 30.9 Å². The van der Waals surface area contributed by atoms with Crippen molar-refractivity contribution in [2.24, 2.45) is 0 Å². The minimum atomic E-state index is -0.679. The Morgan fingerprint density at radius 2 is 1.32 bits per heavy atom. The fourth-order valence-corrected chi connectivity index (χ4v) is 2.74. The molecule has 0 radical (unpaired) electrons. The molecule has 0 N–H and O–H groups in total. The Morgan fingerprint density at radius 3 is 1.86 bits per heavy atom. The number of rotatable bonds is 3. The van der Waals surface area contributed by atoms with Crippen LogP contribution >= 0.6 is 58.0 Å². The van der Waals surface area contributed by atoms with Crippen molar-refractivity contribution in [3.63, 3.8) is 0 Å². The molecule has 2 aromatic carbocycles. The van der Waals surface area contributed by atoms with Crippen LogP contribution in [-0.4, -0.2) is 5.97 Å². The van der Waals surface area contributed by atoms with Gasteiger partial charge in [-0.3, -0.25) is 0 Å². The van der Waals surface area contributed by atoms with Gasteiger partial charge in [-0.05, 0) is 11.6 Å². The molecule has 0 atom stereocenters. The van der Waals surface area contributed by atoms with E-state index in [1.165, 1.54) is 6.08 Å². The van der Waals surface area contributed by atoms with Crippen molar-refractivity contribution in [1.29, 1.82) is 0 Å². The van der Waals surface area contributed by atoms with Crippen LogP contribution in [-0.2, 0) is 4.79 Å². The molecule has 0 aliphatic carbocycles. The Kier molecular flexibility index (Phi) is 6.01. The third-order valence-electron chi connectivity index (χ3n) is 2.58. The number of carbonyl (C=O) groups excluding carboxylic acids is 1. The van der Waals surface area contributed by atoms with E-state index in [0.717, 1.165) is 5.56 Å². The molecule has 0 aliphatic heterocycles. The third kappa shape index (κ3) is 3.89. The van der Waals surface area contributed by atoms with Crippen molar-refractivity contribution in [2.75, 3.05) is 0 Å². The van der Waals surface area contributed by atoms with Gasteiger partial charge >= 0.3 is 5.97 Å². The molecule has 0 amide bonds. The molecule has 0 heterocycles. The molecule has 0 aromatic heterocycles. The van der Waals surface area contributed by atoms with Crippen molar-refractivity contribution in [3.05, 3.63) is 67.1 Å². The topological polar surface area (TPSA) is 26.3 Å². The minimum Gasteiger partial charge on any atom is -0.420 e. The molecule has 2 nitrogen and oxygen atoms in total. The van der Waals surface area contributed by atoms with E-state index in [4.69, 9.17) is 62.7 Å². The van der Waals surface area contributed by atoms with E-state index in [0.29, 0.717) is 0 Å². The summed E-state index contributed by atoms with van der Waals surface area (Å²) >= 11 is 29.6. The lowest BCUT2D eigenvalue weighted by Crippen LogP contribution is -2.05. The highest BCUT2D eigenvalue weighted by Crippen LogP contribution is 2.48. The van der Waals surface area contributed by atoms with E-state index in [1.807, 2.05) is 30.3 Å². The monoisotopic (exact) mass is 394 g/mol. The standard InChI is InChI=1S/C15H7Cl5O2/c16-10-11(17)13(19)15(14(20)12(10)18)22-9(21)7-6-8-4-2-1-3-5-8/h1-7H. The van der Waals surface area contributed by atoms with Gasteiger partial charge < -0.3 is 4.74 Å². The van der Waals surface area contributed by atoms with Crippen LogP contribution in [0.4, 0.5) is 0 Å². The summed E-state index contributed by atoms with van der Waals surface area (Å²) in [7, 11) is 0. The Bertz CT molecular complexity index is 712. The zero-order valence-corrected chi connectivity index (χ0v) is 14.5. The van der Waals surface area contributed by atoms with Gasteiger partial charge in [-0.1, -0.05) is 88.3 Å². The number of halogens is 5. The van der Waals surface area contributed by atoms with E-state index < -0.39 is 5.97 Å². The Labute approximate surface area is 152 Å². The zero-order valence-electron chi connectivity index (χ0n) is 10.7. The maximum atomic E-state index is 11.9. The van der Waals surface area contributed by atoms with Gasteiger partial charge in [0.15, 0.2) is 5.75 Å². The van der Waals surface area contributed by atoms with Crippen molar-refractivity contribution in [2.45, 2.75) is 0 Å². The second-order valence-electron chi connectivity index (χ2n) is 4.06. The average molecular weight is 396 g/mol. The summed E-state index contributed by atoms with van der Waals surface area (Å²) in [6.45, 7) is 0. The quantitative estimate of drug-likeness (QED) is 0.193. The molecule has 0 saturated carbocycles. The van der Waals surface area contributed by atoms with Crippen LogP contribution in [0, 0.1) is 0 Å². The first kappa shape index (κ1) is 17.5. The maximum Gasteiger partial charge on any atom is 0.336 e. The molecular formula is C15H7Cl5O2. The summed E-state index contributed by atoms with van der Waals surface area (Å²) in [6, 6.07) is 9.22. The van der Waals surface area contributed by atoms with Crippen LogP contribution in [0.15, 0.2) is 36.4 Å². The van der Waals surface area contributed by atoms with Gasteiger partial charge in [0.2, 0.25) is 0 Å². The first-order chi connectivity index (χ1) is 10.4. The molecule has 22 heavy (non-hydrogen) atoms. The van der Waals surface area contributed by atoms with Gasteiger partial charge in [-0.15, -0.1) is 0 Å². The zero-order chi connectivity index (χ0) is 16.3. The smallest absolute Gasteiger partial charge is 0.336 e. The van der Waals surface area contributed by atoms with Crippen LogP contribution in [0.2, 0.25) is 25.1 Å². The summed E-state index contributed by atoms with van der Waals surface area (Å²) in [5, 5.41) is -0.233. The molecule has 0 bridgehead atoms. The maximum absolute atomic E-state index is 11.9. The van der Waals surface area contributed by atoms with Crippen molar-refractivity contribution in [1.82, 2.24) is 0 Å². The van der Waals surface area contributed by atoms with Gasteiger partial charge in [0.1, 0.15) is 10.0 Å². The molecular weight excluding hydrogens is 389 g/mol. The van der Waals surface area contributed by atoms with Gasteiger partial charge in [-0.25, -0.2) is 4.79 Å². The van der Waals surface area contributed by atoms with Crippen LogP contribution < -0.4 is 4.74 Å². The van der Waals surface area contributed by atoms with Crippen molar-refractivity contribution in [3.8, 4) is 5.75 Å². The van der Waals surface area contributed by atoms with Crippen LogP contribution in [0.5, 0.6) is 5.75 Å². The fourth-order valence-electron chi connectivity index (χ4n) is 1.54. The van der Waals surface area contributed by atoms with Gasteiger partial charge in [0, 0.05) is 6.08 Å².